The van der Waals surface area contributed by atoms with Gasteiger partial charge in [-0.25, -0.2) is 4.79 Å². The van der Waals surface area contributed by atoms with Crippen LogP contribution >= 0.6 is 0 Å². The summed E-state index contributed by atoms with van der Waals surface area (Å²) in [6, 6.07) is 7.49. The van der Waals surface area contributed by atoms with Crippen molar-refractivity contribution in [2.75, 3.05) is 33.3 Å². The summed E-state index contributed by atoms with van der Waals surface area (Å²) < 4.78 is 5.13. The van der Waals surface area contributed by atoms with Crippen molar-refractivity contribution in [3.05, 3.63) is 29.8 Å². The maximum Gasteiger partial charge on any atom is 0.317 e. The van der Waals surface area contributed by atoms with Crippen LogP contribution < -0.4 is 10.1 Å². The Hall–Kier alpha value is -2.24. The molecule has 0 aromatic heterocycles. The minimum Gasteiger partial charge on any atom is -0.497 e. The number of ether oxygens (including phenoxy) is 1. The lowest BCUT2D eigenvalue weighted by Crippen LogP contribution is -2.54. The van der Waals surface area contributed by atoms with E-state index >= 15 is 0 Å². The predicted molar refractivity (Wildman–Crippen MR) is 100 cm³/mol. The highest BCUT2D eigenvalue weighted by atomic mass is 16.5. The fourth-order valence-electron chi connectivity index (χ4n) is 3.72. The van der Waals surface area contributed by atoms with E-state index in [-0.39, 0.29) is 11.9 Å². The monoisotopic (exact) mass is 359 g/mol. The SMILES string of the molecule is COc1ccc(C(=O)N2CCN(C(=O)NC3CCCCCC3)CC2)cc1. The minimum absolute atomic E-state index is 0.0106. The van der Waals surface area contributed by atoms with Gasteiger partial charge >= 0.3 is 6.03 Å². The highest BCUT2D eigenvalue weighted by molar-refractivity contribution is 5.94. The number of carbonyl (C=O) groups is 2. The third-order valence-corrected chi connectivity index (χ3v) is 5.37. The maximum absolute atomic E-state index is 12.6. The summed E-state index contributed by atoms with van der Waals surface area (Å²) in [6.45, 7) is 2.31. The van der Waals surface area contributed by atoms with Gasteiger partial charge in [0.05, 0.1) is 7.11 Å². The highest BCUT2D eigenvalue weighted by Gasteiger charge is 2.26. The number of hydrogen-bond donors (Lipinski definition) is 1. The second-order valence-corrected chi connectivity index (χ2v) is 7.15. The zero-order valence-corrected chi connectivity index (χ0v) is 15.6. The summed E-state index contributed by atoms with van der Waals surface area (Å²) in [5.74, 6) is 0.748. The fourth-order valence-corrected chi connectivity index (χ4v) is 3.72. The molecule has 1 aromatic rings. The number of carbonyl (C=O) groups excluding carboxylic acids is 2. The zero-order valence-electron chi connectivity index (χ0n) is 15.6. The van der Waals surface area contributed by atoms with Gasteiger partial charge < -0.3 is 19.9 Å². The van der Waals surface area contributed by atoms with Crippen LogP contribution in [-0.2, 0) is 0 Å². The Kier molecular flexibility index (Phi) is 6.36. The van der Waals surface area contributed by atoms with Crippen molar-refractivity contribution < 1.29 is 14.3 Å². The van der Waals surface area contributed by atoms with Gasteiger partial charge in [0.15, 0.2) is 0 Å². The summed E-state index contributed by atoms with van der Waals surface area (Å²) in [4.78, 5) is 28.7. The Bertz CT molecular complexity index is 601. The molecule has 0 unspecified atom stereocenters. The number of urea groups is 1. The molecule has 0 spiro atoms. The number of benzene rings is 1. The maximum atomic E-state index is 12.6. The molecule has 1 aliphatic heterocycles. The normalized spacial score (nSPS) is 19.0. The average molecular weight is 359 g/mol. The molecular weight excluding hydrogens is 330 g/mol. The lowest BCUT2D eigenvalue weighted by Gasteiger charge is -2.35. The number of nitrogens with one attached hydrogen (secondary N) is 1. The van der Waals surface area contributed by atoms with Gasteiger partial charge in [0, 0.05) is 37.8 Å². The van der Waals surface area contributed by atoms with E-state index in [1.165, 1.54) is 25.7 Å². The number of hydrogen-bond acceptors (Lipinski definition) is 3. The number of amides is 3. The van der Waals surface area contributed by atoms with Crippen LogP contribution in [0.4, 0.5) is 4.79 Å². The Morgan fingerprint density at radius 1 is 0.923 bits per heavy atom. The van der Waals surface area contributed by atoms with E-state index < -0.39 is 0 Å². The molecule has 26 heavy (non-hydrogen) atoms. The Balaban J connectivity index is 1.48. The molecule has 3 rings (SSSR count). The van der Waals surface area contributed by atoms with Gasteiger partial charge in [-0.15, -0.1) is 0 Å². The second-order valence-electron chi connectivity index (χ2n) is 7.15. The van der Waals surface area contributed by atoms with Gasteiger partial charge in [-0.1, -0.05) is 25.7 Å². The molecule has 0 radical (unpaired) electrons. The standard InChI is InChI=1S/C20H29N3O3/c1-26-18-10-8-16(9-11-18)19(24)22-12-14-23(15-13-22)20(25)21-17-6-4-2-3-5-7-17/h8-11,17H,2-7,12-15H2,1H3,(H,21,25). The Morgan fingerprint density at radius 3 is 2.08 bits per heavy atom. The quantitative estimate of drug-likeness (QED) is 0.844. The first kappa shape index (κ1) is 18.5. The van der Waals surface area contributed by atoms with E-state index in [2.05, 4.69) is 5.32 Å². The first-order valence-electron chi connectivity index (χ1n) is 9.66. The zero-order chi connectivity index (χ0) is 18.4. The molecule has 0 bridgehead atoms. The number of nitrogens with zero attached hydrogens (tertiary/aromatic N) is 2. The van der Waals surface area contributed by atoms with Gasteiger partial charge in [0.2, 0.25) is 0 Å². The molecule has 2 fully saturated rings. The lowest BCUT2D eigenvalue weighted by atomic mass is 10.1. The molecule has 0 atom stereocenters. The summed E-state index contributed by atoms with van der Waals surface area (Å²) in [5, 5.41) is 3.19. The third kappa shape index (κ3) is 4.68. The molecule has 1 aromatic carbocycles. The molecule has 1 saturated carbocycles. The van der Waals surface area contributed by atoms with Crippen LogP contribution in [0.25, 0.3) is 0 Å². The predicted octanol–water partition coefficient (Wildman–Crippen LogP) is 2.89. The van der Waals surface area contributed by atoms with Crippen LogP contribution in [0, 0.1) is 0 Å². The molecule has 3 amide bonds. The van der Waals surface area contributed by atoms with E-state index in [4.69, 9.17) is 4.74 Å². The summed E-state index contributed by atoms with van der Waals surface area (Å²) in [7, 11) is 1.61. The van der Waals surface area contributed by atoms with Crippen molar-refractivity contribution in [3.8, 4) is 5.75 Å². The van der Waals surface area contributed by atoms with Crippen LogP contribution in [0.3, 0.4) is 0 Å². The van der Waals surface area contributed by atoms with Crippen molar-refractivity contribution in [2.24, 2.45) is 0 Å². The van der Waals surface area contributed by atoms with Crippen molar-refractivity contribution in [1.29, 1.82) is 0 Å². The third-order valence-electron chi connectivity index (χ3n) is 5.37. The Labute approximate surface area is 155 Å². The summed E-state index contributed by atoms with van der Waals surface area (Å²) >= 11 is 0. The smallest absolute Gasteiger partial charge is 0.317 e. The molecular formula is C20H29N3O3. The molecule has 1 saturated heterocycles. The van der Waals surface area contributed by atoms with Crippen molar-refractivity contribution in [3.63, 3.8) is 0 Å². The molecule has 1 aliphatic carbocycles. The van der Waals surface area contributed by atoms with Gasteiger partial charge in [0.1, 0.15) is 5.75 Å². The molecule has 6 heteroatoms. The fraction of sp³-hybridized carbons (Fsp3) is 0.600. The van der Waals surface area contributed by atoms with Crippen LogP contribution in [0.15, 0.2) is 24.3 Å². The second kappa shape index (κ2) is 8.92. The van der Waals surface area contributed by atoms with Gasteiger partial charge in [-0.05, 0) is 37.1 Å². The average Bonchev–Trinajstić information content (AvgIpc) is 2.96. The van der Waals surface area contributed by atoms with E-state index in [9.17, 15) is 9.59 Å². The van der Waals surface area contributed by atoms with Crippen LogP contribution in [0.5, 0.6) is 5.75 Å². The van der Waals surface area contributed by atoms with Gasteiger partial charge in [-0.2, -0.15) is 0 Å². The molecule has 6 nitrogen and oxygen atoms in total. The molecule has 2 aliphatic rings. The molecule has 142 valence electrons. The van der Waals surface area contributed by atoms with E-state index in [1.807, 2.05) is 9.80 Å². The molecule has 1 N–H and O–H groups in total. The van der Waals surface area contributed by atoms with Crippen LogP contribution in [-0.4, -0.2) is 61.1 Å². The summed E-state index contributed by atoms with van der Waals surface area (Å²) in [6.07, 6.45) is 7.13. The van der Waals surface area contributed by atoms with Crippen LogP contribution in [0.1, 0.15) is 48.9 Å². The van der Waals surface area contributed by atoms with Crippen molar-refractivity contribution >= 4 is 11.9 Å². The largest absolute Gasteiger partial charge is 0.497 e. The lowest BCUT2D eigenvalue weighted by molar-refractivity contribution is 0.0663. The first-order valence-corrected chi connectivity index (χ1v) is 9.66. The Morgan fingerprint density at radius 2 is 1.50 bits per heavy atom. The van der Waals surface area contributed by atoms with E-state index in [1.54, 1.807) is 31.4 Å². The number of rotatable bonds is 3. The first-order chi connectivity index (χ1) is 12.7. The van der Waals surface area contributed by atoms with Crippen molar-refractivity contribution in [1.82, 2.24) is 15.1 Å². The van der Waals surface area contributed by atoms with Gasteiger partial charge in [0.25, 0.3) is 5.91 Å². The minimum atomic E-state index is 0.0106. The van der Waals surface area contributed by atoms with Crippen molar-refractivity contribution in [2.45, 2.75) is 44.6 Å². The van der Waals surface area contributed by atoms with E-state index in [0.717, 1.165) is 18.6 Å². The number of piperazine rings is 1. The highest BCUT2D eigenvalue weighted by Crippen LogP contribution is 2.18. The topological polar surface area (TPSA) is 61.9 Å². The van der Waals surface area contributed by atoms with Gasteiger partial charge in [-0.3, -0.25) is 4.79 Å². The molecule has 1 heterocycles. The van der Waals surface area contributed by atoms with Crippen LogP contribution in [0.2, 0.25) is 0 Å². The van der Waals surface area contributed by atoms with E-state index in [0.29, 0.717) is 37.8 Å². The summed E-state index contributed by atoms with van der Waals surface area (Å²) in [5.41, 5.74) is 0.655. The number of methoxy groups -OCH3 is 1.